The van der Waals surface area contributed by atoms with Crippen molar-refractivity contribution in [1.82, 2.24) is 4.98 Å². The number of pyridine rings is 1. The molecule has 1 amide bonds. The van der Waals surface area contributed by atoms with E-state index in [1.54, 1.807) is 42.6 Å². The molecule has 0 radical (unpaired) electrons. The van der Waals surface area contributed by atoms with Crippen molar-refractivity contribution in [2.75, 3.05) is 11.9 Å². The van der Waals surface area contributed by atoms with Gasteiger partial charge in [0.2, 0.25) is 0 Å². The maximum atomic E-state index is 12.0. The first-order chi connectivity index (χ1) is 10.7. The summed E-state index contributed by atoms with van der Waals surface area (Å²) in [5, 5.41) is 2.73. The Bertz CT molecular complexity index is 641. The number of nitrogens with one attached hydrogen (secondary N) is 1. The molecule has 0 spiro atoms. The summed E-state index contributed by atoms with van der Waals surface area (Å²) in [6.07, 6.45) is 4.89. The van der Waals surface area contributed by atoms with Crippen molar-refractivity contribution >= 4 is 17.6 Å². The molecule has 22 heavy (non-hydrogen) atoms. The lowest BCUT2D eigenvalue weighted by Gasteiger charge is -2.07. The Hall–Kier alpha value is -2.69. The van der Waals surface area contributed by atoms with Crippen LogP contribution < -0.4 is 5.32 Å². The van der Waals surface area contributed by atoms with Crippen molar-refractivity contribution in [3.05, 3.63) is 59.9 Å². The van der Waals surface area contributed by atoms with Gasteiger partial charge < -0.3 is 10.1 Å². The van der Waals surface area contributed by atoms with Crippen LogP contribution in [0, 0.1) is 0 Å². The van der Waals surface area contributed by atoms with E-state index in [4.69, 9.17) is 4.74 Å². The largest absolute Gasteiger partial charge is 0.462 e. The number of rotatable bonds is 6. The molecule has 0 unspecified atom stereocenters. The van der Waals surface area contributed by atoms with Gasteiger partial charge in [0, 0.05) is 18.1 Å². The minimum atomic E-state index is -0.383. The summed E-state index contributed by atoms with van der Waals surface area (Å²) >= 11 is 0. The highest BCUT2D eigenvalue weighted by atomic mass is 16.5. The fraction of sp³-hybridized carbons (Fsp3) is 0.235. The minimum Gasteiger partial charge on any atom is -0.462 e. The summed E-state index contributed by atoms with van der Waals surface area (Å²) in [5.74, 6) is -0.657. The highest BCUT2D eigenvalue weighted by Gasteiger charge is 2.10. The summed E-state index contributed by atoms with van der Waals surface area (Å²) in [5.41, 5.74) is 1.41. The number of nitrogens with zero attached hydrogens (tertiary/aromatic N) is 1. The van der Waals surface area contributed by atoms with E-state index in [-0.39, 0.29) is 11.9 Å². The van der Waals surface area contributed by atoms with Crippen LogP contribution in [0.3, 0.4) is 0 Å². The molecule has 114 valence electrons. The third-order valence-corrected chi connectivity index (χ3v) is 3.01. The van der Waals surface area contributed by atoms with E-state index in [0.717, 1.165) is 12.8 Å². The average molecular weight is 298 g/mol. The number of carbonyl (C=O) groups excluding carboxylic acids is 2. The standard InChI is InChI=1S/C17H18N2O3/c1-2-3-10-22-17(21)13-6-4-8-15(11-13)19-16(20)14-7-5-9-18-12-14/h4-9,11-12H,2-3,10H2,1H3,(H,19,20). The summed E-state index contributed by atoms with van der Waals surface area (Å²) in [7, 11) is 0. The maximum Gasteiger partial charge on any atom is 0.338 e. The van der Waals surface area contributed by atoms with Gasteiger partial charge in [-0.1, -0.05) is 19.4 Å². The van der Waals surface area contributed by atoms with Crippen LogP contribution in [0.15, 0.2) is 48.8 Å². The fourth-order valence-corrected chi connectivity index (χ4v) is 1.82. The monoisotopic (exact) mass is 298 g/mol. The first-order valence-electron chi connectivity index (χ1n) is 7.19. The number of hydrogen-bond acceptors (Lipinski definition) is 4. The smallest absolute Gasteiger partial charge is 0.338 e. The van der Waals surface area contributed by atoms with Gasteiger partial charge >= 0.3 is 5.97 Å². The van der Waals surface area contributed by atoms with E-state index in [2.05, 4.69) is 10.3 Å². The molecule has 2 rings (SSSR count). The number of anilines is 1. The minimum absolute atomic E-state index is 0.274. The zero-order valence-electron chi connectivity index (χ0n) is 12.4. The zero-order valence-corrected chi connectivity index (χ0v) is 12.4. The average Bonchev–Trinajstić information content (AvgIpc) is 2.56. The molecular formula is C17H18N2O3. The van der Waals surface area contributed by atoms with Crippen LogP contribution >= 0.6 is 0 Å². The molecule has 1 aromatic heterocycles. The van der Waals surface area contributed by atoms with Crippen LogP contribution in [0.2, 0.25) is 0 Å². The molecule has 0 aliphatic rings. The van der Waals surface area contributed by atoms with E-state index in [0.29, 0.717) is 23.4 Å². The van der Waals surface area contributed by atoms with Crippen LogP contribution in [0.25, 0.3) is 0 Å². The Labute approximate surface area is 129 Å². The lowest BCUT2D eigenvalue weighted by Crippen LogP contribution is -2.13. The van der Waals surface area contributed by atoms with Gasteiger partial charge in [-0.15, -0.1) is 0 Å². The van der Waals surface area contributed by atoms with E-state index in [1.165, 1.54) is 6.20 Å². The highest BCUT2D eigenvalue weighted by molar-refractivity contribution is 6.04. The molecule has 2 aromatic rings. The van der Waals surface area contributed by atoms with Crippen molar-refractivity contribution < 1.29 is 14.3 Å². The van der Waals surface area contributed by atoms with E-state index >= 15 is 0 Å². The number of amides is 1. The summed E-state index contributed by atoms with van der Waals surface area (Å²) < 4.78 is 5.15. The number of hydrogen-bond donors (Lipinski definition) is 1. The summed E-state index contributed by atoms with van der Waals surface area (Å²) in [6.45, 7) is 2.43. The molecule has 0 aliphatic carbocycles. The summed E-state index contributed by atoms with van der Waals surface area (Å²) in [6, 6.07) is 10.0. The molecular weight excluding hydrogens is 280 g/mol. The normalized spacial score (nSPS) is 10.0. The van der Waals surface area contributed by atoms with Crippen LogP contribution in [-0.4, -0.2) is 23.5 Å². The molecule has 1 N–H and O–H groups in total. The Morgan fingerprint density at radius 2 is 2.00 bits per heavy atom. The van der Waals surface area contributed by atoms with Crippen molar-refractivity contribution in [3.8, 4) is 0 Å². The molecule has 1 aromatic carbocycles. The van der Waals surface area contributed by atoms with E-state index < -0.39 is 0 Å². The number of unbranched alkanes of at least 4 members (excludes halogenated alkanes) is 1. The lowest BCUT2D eigenvalue weighted by molar-refractivity contribution is 0.0499. The van der Waals surface area contributed by atoms with Gasteiger partial charge in [0.15, 0.2) is 0 Å². The Morgan fingerprint density at radius 1 is 1.18 bits per heavy atom. The topological polar surface area (TPSA) is 68.3 Å². The van der Waals surface area contributed by atoms with Gasteiger partial charge in [0.05, 0.1) is 17.7 Å². The summed E-state index contributed by atoms with van der Waals surface area (Å²) in [4.78, 5) is 27.8. The highest BCUT2D eigenvalue weighted by Crippen LogP contribution is 2.13. The second kappa shape index (κ2) is 7.93. The van der Waals surface area contributed by atoms with Crippen LogP contribution in [0.1, 0.15) is 40.5 Å². The quantitative estimate of drug-likeness (QED) is 0.656. The lowest BCUT2D eigenvalue weighted by atomic mass is 10.2. The van der Waals surface area contributed by atoms with Gasteiger partial charge in [-0.05, 0) is 36.8 Å². The Morgan fingerprint density at radius 3 is 2.73 bits per heavy atom. The predicted molar refractivity (Wildman–Crippen MR) is 83.8 cm³/mol. The van der Waals surface area contributed by atoms with Gasteiger partial charge in [-0.25, -0.2) is 4.79 Å². The molecule has 5 nitrogen and oxygen atoms in total. The zero-order chi connectivity index (χ0) is 15.8. The fourth-order valence-electron chi connectivity index (χ4n) is 1.82. The SMILES string of the molecule is CCCCOC(=O)c1cccc(NC(=O)c2cccnc2)c1. The Kier molecular flexibility index (Phi) is 5.65. The molecule has 0 bridgehead atoms. The number of carbonyl (C=O) groups is 2. The van der Waals surface area contributed by atoms with Gasteiger partial charge in [0.25, 0.3) is 5.91 Å². The molecule has 5 heteroatoms. The van der Waals surface area contributed by atoms with Gasteiger partial charge in [-0.3, -0.25) is 9.78 Å². The van der Waals surface area contributed by atoms with Crippen molar-refractivity contribution in [3.63, 3.8) is 0 Å². The molecule has 0 fully saturated rings. The third kappa shape index (κ3) is 4.41. The molecule has 1 heterocycles. The van der Waals surface area contributed by atoms with Crippen molar-refractivity contribution in [2.24, 2.45) is 0 Å². The number of esters is 1. The predicted octanol–water partition coefficient (Wildman–Crippen LogP) is 3.29. The maximum absolute atomic E-state index is 12.0. The molecule has 0 saturated carbocycles. The first-order valence-corrected chi connectivity index (χ1v) is 7.19. The molecule has 0 atom stereocenters. The van der Waals surface area contributed by atoms with Crippen molar-refractivity contribution in [2.45, 2.75) is 19.8 Å². The second-order valence-electron chi connectivity index (χ2n) is 4.77. The molecule has 0 saturated heterocycles. The number of benzene rings is 1. The van der Waals surface area contributed by atoms with Crippen molar-refractivity contribution in [1.29, 1.82) is 0 Å². The van der Waals surface area contributed by atoms with Gasteiger partial charge in [-0.2, -0.15) is 0 Å². The van der Waals surface area contributed by atoms with E-state index in [9.17, 15) is 9.59 Å². The van der Waals surface area contributed by atoms with Crippen LogP contribution in [0.5, 0.6) is 0 Å². The van der Waals surface area contributed by atoms with Gasteiger partial charge in [0.1, 0.15) is 0 Å². The van der Waals surface area contributed by atoms with E-state index in [1.807, 2.05) is 6.92 Å². The van der Waals surface area contributed by atoms with Crippen LogP contribution in [-0.2, 0) is 4.74 Å². The second-order valence-corrected chi connectivity index (χ2v) is 4.77. The number of ether oxygens (including phenoxy) is 1. The number of aromatic nitrogens is 1. The molecule has 0 aliphatic heterocycles. The third-order valence-electron chi connectivity index (χ3n) is 3.01. The van der Waals surface area contributed by atoms with Crippen LogP contribution in [0.4, 0.5) is 5.69 Å². The Balaban J connectivity index is 2.02. The first kappa shape index (κ1) is 15.7.